The quantitative estimate of drug-likeness (QED) is 0.817. The van der Waals surface area contributed by atoms with Crippen LogP contribution in [0.4, 0.5) is 17.6 Å². The van der Waals surface area contributed by atoms with Gasteiger partial charge in [0.1, 0.15) is 5.82 Å². The minimum atomic E-state index is -4.41. The normalized spacial score (nSPS) is 13.2. The van der Waals surface area contributed by atoms with Crippen molar-refractivity contribution < 1.29 is 17.6 Å². The van der Waals surface area contributed by atoms with E-state index in [9.17, 15) is 17.6 Å². The van der Waals surface area contributed by atoms with E-state index < -0.39 is 23.6 Å². The molecule has 0 heterocycles. The molecular formula is C16H15F4N. The van der Waals surface area contributed by atoms with Gasteiger partial charge in [0.05, 0.1) is 11.6 Å². The summed E-state index contributed by atoms with van der Waals surface area (Å²) in [6.07, 6.45) is -4.41. The van der Waals surface area contributed by atoms with E-state index >= 15 is 0 Å². The largest absolute Gasteiger partial charge is 0.416 e. The van der Waals surface area contributed by atoms with Gasteiger partial charge in [-0.25, -0.2) is 4.39 Å². The van der Waals surface area contributed by atoms with Crippen LogP contribution in [-0.2, 0) is 6.18 Å². The second kappa shape index (κ2) is 6.26. The van der Waals surface area contributed by atoms with Crippen molar-refractivity contribution in [2.24, 2.45) is 0 Å². The molecule has 0 spiro atoms. The lowest BCUT2D eigenvalue weighted by atomic mass is 9.96. The molecule has 2 aromatic rings. The van der Waals surface area contributed by atoms with E-state index in [1.54, 1.807) is 24.3 Å². The van der Waals surface area contributed by atoms with Gasteiger partial charge in [0.15, 0.2) is 0 Å². The topological polar surface area (TPSA) is 12.0 Å². The first-order chi connectivity index (χ1) is 9.93. The Morgan fingerprint density at radius 1 is 1.05 bits per heavy atom. The Bertz CT molecular complexity index is 607. The molecule has 1 nitrogen and oxygen atoms in total. The van der Waals surface area contributed by atoms with Gasteiger partial charge in [-0.2, -0.15) is 13.2 Å². The van der Waals surface area contributed by atoms with Crippen molar-refractivity contribution in [2.45, 2.75) is 19.1 Å². The summed E-state index contributed by atoms with van der Waals surface area (Å²) in [7, 11) is 0. The maximum atomic E-state index is 13.9. The van der Waals surface area contributed by atoms with Gasteiger partial charge in [0.25, 0.3) is 0 Å². The zero-order valence-corrected chi connectivity index (χ0v) is 11.4. The molecule has 0 radical (unpaired) electrons. The molecule has 0 aromatic heterocycles. The van der Waals surface area contributed by atoms with Crippen LogP contribution in [0.15, 0.2) is 48.5 Å². The lowest BCUT2D eigenvalue weighted by Gasteiger charge is -2.20. The predicted octanol–water partition coefficient (Wildman–Crippen LogP) is 4.54. The fourth-order valence-corrected chi connectivity index (χ4v) is 2.22. The third-order valence-corrected chi connectivity index (χ3v) is 3.17. The standard InChI is InChI=1S/C16H15F4N/c1-2-21-15(13-8-3-4-9-14(13)17)11-6-5-7-12(10-11)16(18,19)20/h3-10,15,21H,2H2,1H3. The number of hydrogen-bond donors (Lipinski definition) is 1. The van der Waals surface area contributed by atoms with Gasteiger partial charge in [-0.15, -0.1) is 0 Å². The summed E-state index contributed by atoms with van der Waals surface area (Å²) in [5.41, 5.74) is -0.0188. The average Bonchev–Trinajstić information content (AvgIpc) is 2.45. The summed E-state index contributed by atoms with van der Waals surface area (Å²) >= 11 is 0. The number of benzene rings is 2. The van der Waals surface area contributed by atoms with Crippen molar-refractivity contribution in [3.8, 4) is 0 Å². The van der Waals surface area contributed by atoms with Crippen LogP contribution in [0.25, 0.3) is 0 Å². The molecule has 0 bridgehead atoms. The lowest BCUT2D eigenvalue weighted by molar-refractivity contribution is -0.137. The van der Waals surface area contributed by atoms with Crippen LogP contribution >= 0.6 is 0 Å². The highest BCUT2D eigenvalue weighted by atomic mass is 19.4. The summed E-state index contributed by atoms with van der Waals surface area (Å²) in [4.78, 5) is 0. The summed E-state index contributed by atoms with van der Waals surface area (Å²) < 4.78 is 52.3. The van der Waals surface area contributed by atoms with Crippen molar-refractivity contribution in [1.82, 2.24) is 5.32 Å². The molecule has 0 amide bonds. The van der Waals surface area contributed by atoms with Gasteiger partial charge in [0.2, 0.25) is 0 Å². The second-order valence-electron chi connectivity index (χ2n) is 4.64. The molecule has 1 N–H and O–H groups in total. The Balaban J connectivity index is 2.46. The molecular weight excluding hydrogens is 282 g/mol. The smallest absolute Gasteiger partial charge is 0.306 e. The van der Waals surface area contributed by atoms with Crippen LogP contribution in [0.2, 0.25) is 0 Å². The zero-order valence-electron chi connectivity index (χ0n) is 11.4. The van der Waals surface area contributed by atoms with E-state index in [0.717, 1.165) is 12.1 Å². The van der Waals surface area contributed by atoms with Crippen LogP contribution in [0.5, 0.6) is 0 Å². The van der Waals surface area contributed by atoms with Crippen molar-refractivity contribution in [1.29, 1.82) is 0 Å². The fourth-order valence-electron chi connectivity index (χ4n) is 2.22. The third kappa shape index (κ3) is 3.61. The van der Waals surface area contributed by atoms with E-state index in [4.69, 9.17) is 0 Å². The molecule has 112 valence electrons. The van der Waals surface area contributed by atoms with E-state index in [1.165, 1.54) is 12.1 Å². The molecule has 0 aliphatic rings. The first kappa shape index (κ1) is 15.5. The molecule has 2 aromatic carbocycles. The van der Waals surface area contributed by atoms with Gasteiger partial charge in [-0.3, -0.25) is 0 Å². The number of halogens is 4. The first-order valence-corrected chi connectivity index (χ1v) is 6.58. The molecule has 1 atom stereocenters. The van der Waals surface area contributed by atoms with Crippen LogP contribution in [0.1, 0.15) is 29.7 Å². The van der Waals surface area contributed by atoms with Crippen molar-refractivity contribution >= 4 is 0 Å². The Labute approximate surface area is 120 Å². The fraction of sp³-hybridized carbons (Fsp3) is 0.250. The van der Waals surface area contributed by atoms with E-state index in [-0.39, 0.29) is 0 Å². The zero-order chi connectivity index (χ0) is 15.5. The van der Waals surface area contributed by atoms with Crippen LogP contribution in [0.3, 0.4) is 0 Å². The summed E-state index contributed by atoms with van der Waals surface area (Å²) in [5.74, 6) is -0.444. The number of rotatable bonds is 4. The molecule has 0 saturated heterocycles. The molecule has 0 aliphatic heterocycles. The second-order valence-corrected chi connectivity index (χ2v) is 4.64. The Morgan fingerprint density at radius 3 is 2.38 bits per heavy atom. The van der Waals surface area contributed by atoms with E-state index in [1.807, 2.05) is 6.92 Å². The highest BCUT2D eigenvalue weighted by Crippen LogP contribution is 2.32. The summed E-state index contributed by atoms with van der Waals surface area (Å²) in [6.45, 7) is 2.33. The highest BCUT2D eigenvalue weighted by Gasteiger charge is 2.31. The minimum absolute atomic E-state index is 0.332. The highest BCUT2D eigenvalue weighted by molar-refractivity contribution is 5.35. The molecule has 0 saturated carbocycles. The van der Waals surface area contributed by atoms with Gasteiger partial charge >= 0.3 is 6.18 Å². The average molecular weight is 297 g/mol. The maximum absolute atomic E-state index is 13.9. The van der Waals surface area contributed by atoms with Gasteiger partial charge in [-0.05, 0) is 30.3 Å². The SMILES string of the molecule is CCNC(c1cccc(C(F)(F)F)c1)c1ccccc1F. The van der Waals surface area contributed by atoms with E-state index in [2.05, 4.69) is 5.32 Å². The van der Waals surface area contributed by atoms with Crippen LogP contribution < -0.4 is 5.32 Å². The molecule has 2 rings (SSSR count). The monoisotopic (exact) mass is 297 g/mol. The van der Waals surface area contributed by atoms with Crippen LogP contribution in [0, 0.1) is 5.82 Å². The van der Waals surface area contributed by atoms with Gasteiger partial charge < -0.3 is 5.32 Å². The van der Waals surface area contributed by atoms with Gasteiger partial charge in [-0.1, -0.05) is 37.3 Å². The summed E-state index contributed by atoms with van der Waals surface area (Å²) in [6, 6.07) is 10.4. The lowest BCUT2D eigenvalue weighted by Crippen LogP contribution is -2.23. The number of alkyl halides is 3. The molecule has 21 heavy (non-hydrogen) atoms. The molecule has 0 aliphatic carbocycles. The van der Waals surface area contributed by atoms with E-state index in [0.29, 0.717) is 17.7 Å². The Morgan fingerprint density at radius 2 is 1.76 bits per heavy atom. The minimum Gasteiger partial charge on any atom is -0.306 e. The van der Waals surface area contributed by atoms with Crippen molar-refractivity contribution in [3.05, 3.63) is 71.0 Å². The molecule has 5 heteroatoms. The Hall–Kier alpha value is -1.88. The Kier molecular flexibility index (Phi) is 4.63. The van der Waals surface area contributed by atoms with Crippen LogP contribution in [-0.4, -0.2) is 6.54 Å². The van der Waals surface area contributed by atoms with Crippen molar-refractivity contribution in [3.63, 3.8) is 0 Å². The number of nitrogens with one attached hydrogen (secondary N) is 1. The number of hydrogen-bond acceptors (Lipinski definition) is 1. The third-order valence-electron chi connectivity index (χ3n) is 3.17. The van der Waals surface area contributed by atoms with Crippen molar-refractivity contribution in [2.75, 3.05) is 6.54 Å². The first-order valence-electron chi connectivity index (χ1n) is 6.58. The maximum Gasteiger partial charge on any atom is 0.416 e. The van der Waals surface area contributed by atoms with Gasteiger partial charge in [0, 0.05) is 5.56 Å². The summed E-state index contributed by atoms with van der Waals surface area (Å²) in [5, 5.41) is 3.03. The molecule has 1 unspecified atom stereocenters. The molecule has 0 fully saturated rings. The predicted molar refractivity (Wildman–Crippen MR) is 73.4 cm³/mol.